The van der Waals surface area contributed by atoms with E-state index < -0.39 is 35.7 Å². The lowest BCUT2D eigenvalue weighted by Gasteiger charge is -2.37. The van der Waals surface area contributed by atoms with Gasteiger partial charge < -0.3 is 34.5 Å². The Morgan fingerprint density at radius 2 is 1.03 bits per heavy atom. The SMILES string of the molecule is COc1ccc(C(Nc2ncnc3c2ncn3[C@@H]2O[C@H](COC(c3ccccc3)(c3ccccc3)c3ccc(OC)cc3)[C@@H](O)[C@H]2O)(c2ccccc2)c2ccccc2)cc1. The van der Waals surface area contributed by atoms with Gasteiger partial charge in [-0.05, 0) is 57.6 Å². The van der Waals surface area contributed by atoms with E-state index in [1.807, 2.05) is 146 Å². The fourth-order valence-electron chi connectivity index (χ4n) is 8.47. The molecule has 1 saturated heterocycles. The lowest BCUT2D eigenvalue weighted by molar-refractivity contribution is -0.0942. The van der Waals surface area contributed by atoms with Crippen molar-refractivity contribution in [1.29, 1.82) is 0 Å². The zero-order chi connectivity index (χ0) is 41.8. The number of ether oxygens (including phenoxy) is 4. The minimum atomic E-state index is -1.34. The second kappa shape index (κ2) is 17.0. The summed E-state index contributed by atoms with van der Waals surface area (Å²) in [5, 5.41) is 27.1. The highest BCUT2D eigenvalue weighted by Crippen LogP contribution is 2.44. The number of nitrogens with one attached hydrogen (secondary N) is 1. The average Bonchev–Trinajstić information content (AvgIpc) is 3.89. The molecule has 4 atom stereocenters. The standard InChI is InChI=1S/C50H45N5O6/c1-58-40-27-23-36(24-28-40)49(34-15-7-3-8-16-34,35-17-9-4-10-18-35)54-46-43-47(52-32-51-46)55(33-53-43)48-45(57)44(56)42(61-48)31-60-50(37-19-11-5-12-20-37,38-21-13-6-14-22-38)39-25-29-41(59-2)30-26-39/h3-30,32-33,42,44-45,48,56-57H,31H2,1-2H3,(H,51,52,54)/t42-,44-,45-,48-/m1/s1. The Bertz CT molecular complexity index is 2590. The number of rotatable bonds is 14. The predicted octanol–water partition coefficient (Wildman–Crippen LogP) is 7.88. The molecule has 2 aromatic heterocycles. The summed E-state index contributed by atoms with van der Waals surface area (Å²) >= 11 is 0. The van der Waals surface area contributed by atoms with Gasteiger partial charge in [0.15, 0.2) is 23.2 Å². The molecule has 1 aliphatic rings. The number of aliphatic hydroxyl groups excluding tert-OH is 2. The van der Waals surface area contributed by atoms with Gasteiger partial charge in [-0.2, -0.15) is 0 Å². The van der Waals surface area contributed by atoms with Crippen LogP contribution >= 0.6 is 0 Å². The quantitative estimate of drug-likeness (QED) is 0.0933. The molecule has 8 aromatic rings. The highest BCUT2D eigenvalue weighted by molar-refractivity contribution is 5.84. The summed E-state index contributed by atoms with van der Waals surface area (Å²) in [5.74, 6) is 1.89. The molecule has 0 amide bonds. The maximum Gasteiger partial charge on any atom is 0.167 e. The van der Waals surface area contributed by atoms with E-state index >= 15 is 0 Å². The largest absolute Gasteiger partial charge is 0.497 e. The molecule has 1 aliphatic heterocycles. The van der Waals surface area contributed by atoms with E-state index in [1.165, 1.54) is 6.33 Å². The van der Waals surface area contributed by atoms with Crippen LogP contribution in [0, 0.1) is 0 Å². The Balaban J connectivity index is 1.07. The number of anilines is 1. The molecule has 3 N–H and O–H groups in total. The van der Waals surface area contributed by atoms with Crippen molar-refractivity contribution >= 4 is 17.0 Å². The maximum absolute atomic E-state index is 11.7. The summed E-state index contributed by atoms with van der Waals surface area (Å²) in [7, 11) is 3.28. The van der Waals surface area contributed by atoms with Gasteiger partial charge >= 0.3 is 0 Å². The first-order valence-corrected chi connectivity index (χ1v) is 20.1. The number of hydrogen-bond donors (Lipinski definition) is 3. The molecule has 11 heteroatoms. The summed E-state index contributed by atoms with van der Waals surface area (Å²) in [6.45, 7) is -0.0719. The topological polar surface area (TPSA) is 133 Å². The molecule has 0 bridgehead atoms. The van der Waals surface area contributed by atoms with Gasteiger partial charge in [-0.3, -0.25) is 4.57 Å². The lowest BCUT2D eigenvalue weighted by Crippen LogP contribution is -2.39. The number of benzene rings is 6. The molecule has 61 heavy (non-hydrogen) atoms. The van der Waals surface area contributed by atoms with Gasteiger partial charge in [0.25, 0.3) is 0 Å². The molecule has 0 spiro atoms. The molecular weight excluding hydrogens is 767 g/mol. The number of imidazole rings is 1. The summed E-state index contributed by atoms with van der Waals surface area (Å²) in [4.78, 5) is 14.2. The molecule has 3 heterocycles. The first-order valence-electron chi connectivity index (χ1n) is 20.1. The van der Waals surface area contributed by atoms with Crippen LogP contribution in [0.1, 0.15) is 39.6 Å². The van der Waals surface area contributed by atoms with E-state index in [-0.39, 0.29) is 6.61 Å². The molecule has 1 fully saturated rings. The Hall–Kier alpha value is -6.89. The van der Waals surface area contributed by atoms with Crippen LogP contribution in [-0.4, -0.2) is 68.9 Å². The Morgan fingerprint density at radius 1 is 0.574 bits per heavy atom. The van der Waals surface area contributed by atoms with Gasteiger partial charge in [-0.1, -0.05) is 146 Å². The number of hydrogen-bond acceptors (Lipinski definition) is 10. The van der Waals surface area contributed by atoms with Crippen LogP contribution in [-0.2, 0) is 20.6 Å². The number of aromatic nitrogens is 4. The zero-order valence-corrected chi connectivity index (χ0v) is 33.7. The van der Waals surface area contributed by atoms with Crippen molar-refractivity contribution < 1.29 is 29.2 Å². The molecular formula is C50H45N5O6. The fourth-order valence-corrected chi connectivity index (χ4v) is 8.47. The van der Waals surface area contributed by atoms with Crippen molar-refractivity contribution in [3.05, 3.63) is 216 Å². The van der Waals surface area contributed by atoms with E-state index in [2.05, 4.69) is 34.6 Å². The normalized spacial score (nSPS) is 17.9. The molecule has 0 aliphatic carbocycles. The number of fused-ring (bicyclic) bond motifs is 1. The third kappa shape index (κ3) is 7.17. The summed E-state index contributed by atoms with van der Waals surface area (Å²) < 4.78 is 26.2. The summed E-state index contributed by atoms with van der Waals surface area (Å²) in [6.07, 6.45) is -1.60. The Morgan fingerprint density at radius 3 is 1.54 bits per heavy atom. The highest BCUT2D eigenvalue weighted by atomic mass is 16.6. The third-order valence-electron chi connectivity index (χ3n) is 11.5. The zero-order valence-electron chi connectivity index (χ0n) is 33.7. The van der Waals surface area contributed by atoms with Gasteiger partial charge in [0.1, 0.15) is 47.3 Å². The molecule has 306 valence electrons. The predicted molar refractivity (Wildman–Crippen MR) is 232 cm³/mol. The van der Waals surface area contributed by atoms with Crippen molar-refractivity contribution in [1.82, 2.24) is 19.5 Å². The van der Waals surface area contributed by atoms with E-state index in [0.717, 1.165) is 39.1 Å². The van der Waals surface area contributed by atoms with Crippen LogP contribution in [0.5, 0.6) is 11.5 Å². The smallest absolute Gasteiger partial charge is 0.167 e. The van der Waals surface area contributed by atoms with Crippen molar-refractivity contribution in [2.45, 2.75) is 35.7 Å². The lowest BCUT2D eigenvalue weighted by atomic mass is 9.77. The second-order valence-electron chi connectivity index (χ2n) is 14.9. The number of nitrogens with zero attached hydrogens (tertiary/aromatic N) is 4. The van der Waals surface area contributed by atoms with Crippen LogP contribution in [0.3, 0.4) is 0 Å². The van der Waals surface area contributed by atoms with E-state index in [1.54, 1.807) is 25.1 Å². The number of methoxy groups -OCH3 is 2. The average molecular weight is 812 g/mol. The Kier molecular flexibility index (Phi) is 11.0. The molecule has 9 rings (SSSR count). The monoisotopic (exact) mass is 811 g/mol. The van der Waals surface area contributed by atoms with Crippen LogP contribution in [0.2, 0.25) is 0 Å². The van der Waals surface area contributed by atoms with Crippen LogP contribution in [0.25, 0.3) is 11.2 Å². The summed E-state index contributed by atoms with van der Waals surface area (Å²) in [6, 6.07) is 55.9. The molecule has 0 radical (unpaired) electrons. The highest BCUT2D eigenvalue weighted by Gasteiger charge is 2.47. The second-order valence-corrected chi connectivity index (χ2v) is 14.9. The maximum atomic E-state index is 11.7. The van der Waals surface area contributed by atoms with Gasteiger partial charge in [0.05, 0.1) is 27.2 Å². The van der Waals surface area contributed by atoms with Gasteiger partial charge in [0, 0.05) is 0 Å². The van der Waals surface area contributed by atoms with Crippen molar-refractivity contribution in [2.24, 2.45) is 0 Å². The van der Waals surface area contributed by atoms with E-state index in [9.17, 15) is 10.2 Å². The molecule has 11 nitrogen and oxygen atoms in total. The number of aliphatic hydroxyl groups is 2. The fraction of sp³-hybridized carbons (Fsp3) is 0.180. The molecule has 0 saturated carbocycles. The Labute approximate surface area is 353 Å². The van der Waals surface area contributed by atoms with Crippen molar-refractivity contribution in [3.8, 4) is 11.5 Å². The van der Waals surface area contributed by atoms with Crippen molar-refractivity contribution in [2.75, 3.05) is 26.1 Å². The van der Waals surface area contributed by atoms with E-state index in [4.69, 9.17) is 28.9 Å². The van der Waals surface area contributed by atoms with Crippen LogP contribution in [0.4, 0.5) is 5.82 Å². The first kappa shape index (κ1) is 39.6. The minimum absolute atomic E-state index is 0.0719. The third-order valence-corrected chi connectivity index (χ3v) is 11.5. The van der Waals surface area contributed by atoms with E-state index in [0.29, 0.717) is 22.7 Å². The molecule has 0 unspecified atom stereocenters. The van der Waals surface area contributed by atoms with Gasteiger partial charge in [-0.15, -0.1) is 0 Å². The summed E-state index contributed by atoms with van der Waals surface area (Å²) in [5.41, 5.74) is 4.29. The van der Waals surface area contributed by atoms with Crippen LogP contribution < -0.4 is 14.8 Å². The van der Waals surface area contributed by atoms with Crippen molar-refractivity contribution in [3.63, 3.8) is 0 Å². The van der Waals surface area contributed by atoms with Crippen LogP contribution in [0.15, 0.2) is 183 Å². The van der Waals surface area contributed by atoms with Gasteiger partial charge in [-0.25, -0.2) is 15.0 Å². The first-order chi connectivity index (χ1) is 30.0. The van der Waals surface area contributed by atoms with Gasteiger partial charge in [0.2, 0.25) is 0 Å². The minimum Gasteiger partial charge on any atom is -0.497 e. The molecule has 6 aromatic carbocycles.